The average Bonchev–Trinajstić information content (AvgIpc) is 3.25. The van der Waals surface area contributed by atoms with Crippen LogP contribution in [0.15, 0.2) is 30.3 Å². The number of hydrogen-bond donors (Lipinski definition) is 0. The topological polar surface area (TPSA) is 9.23 Å². The molecule has 1 fully saturated rings. The normalized spacial score (nSPS) is 16.2. The highest BCUT2D eigenvalue weighted by atomic mass is 16.5. The van der Waals surface area contributed by atoms with E-state index in [4.69, 9.17) is 4.74 Å². The van der Waals surface area contributed by atoms with Gasteiger partial charge >= 0.3 is 0 Å². The SMILES string of the molecule is CCCCCCCC1(CCOCc2ccccc2)CC1. The standard InChI is InChI=1S/C19H30O/c1-2-3-4-5-9-12-19(13-14-19)15-16-20-17-18-10-7-6-8-11-18/h6-8,10-11H,2-5,9,12-17H2,1H3. The zero-order valence-corrected chi connectivity index (χ0v) is 13.1. The molecule has 0 amide bonds. The van der Waals surface area contributed by atoms with Gasteiger partial charge in [0.25, 0.3) is 0 Å². The van der Waals surface area contributed by atoms with Crippen LogP contribution in [0.4, 0.5) is 0 Å². The fourth-order valence-corrected chi connectivity index (χ4v) is 2.96. The van der Waals surface area contributed by atoms with Gasteiger partial charge in [-0.15, -0.1) is 0 Å². The molecule has 2 rings (SSSR count). The van der Waals surface area contributed by atoms with Gasteiger partial charge in [0.15, 0.2) is 0 Å². The van der Waals surface area contributed by atoms with E-state index in [9.17, 15) is 0 Å². The van der Waals surface area contributed by atoms with E-state index in [-0.39, 0.29) is 0 Å². The third-order valence-corrected chi connectivity index (χ3v) is 4.66. The Balaban J connectivity index is 1.52. The lowest BCUT2D eigenvalue weighted by molar-refractivity contribution is 0.102. The van der Waals surface area contributed by atoms with E-state index < -0.39 is 0 Å². The van der Waals surface area contributed by atoms with Gasteiger partial charge in [0.1, 0.15) is 0 Å². The lowest BCUT2D eigenvalue weighted by atomic mass is 9.94. The Labute approximate surface area is 124 Å². The molecule has 1 nitrogen and oxygen atoms in total. The maximum absolute atomic E-state index is 5.84. The van der Waals surface area contributed by atoms with Crippen LogP contribution in [-0.2, 0) is 11.3 Å². The molecule has 1 saturated carbocycles. The molecular formula is C19H30O. The van der Waals surface area contributed by atoms with Crippen molar-refractivity contribution in [2.75, 3.05) is 6.61 Å². The number of rotatable bonds is 11. The molecule has 0 saturated heterocycles. The summed E-state index contributed by atoms with van der Waals surface area (Å²) < 4.78 is 5.84. The van der Waals surface area contributed by atoms with Crippen molar-refractivity contribution in [2.45, 2.75) is 71.3 Å². The molecule has 1 aliphatic rings. The molecule has 1 aliphatic carbocycles. The fourth-order valence-electron chi connectivity index (χ4n) is 2.96. The van der Waals surface area contributed by atoms with Crippen molar-refractivity contribution in [1.82, 2.24) is 0 Å². The molecule has 0 unspecified atom stereocenters. The summed E-state index contributed by atoms with van der Waals surface area (Å²) in [4.78, 5) is 0. The van der Waals surface area contributed by atoms with E-state index in [1.165, 1.54) is 63.4 Å². The second kappa shape index (κ2) is 8.46. The summed E-state index contributed by atoms with van der Waals surface area (Å²) in [5, 5.41) is 0. The molecule has 1 aromatic rings. The van der Waals surface area contributed by atoms with Crippen LogP contribution in [0.25, 0.3) is 0 Å². The van der Waals surface area contributed by atoms with Gasteiger partial charge in [0.2, 0.25) is 0 Å². The van der Waals surface area contributed by atoms with Crippen molar-refractivity contribution in [3.63, 3.8) is 0 Å². The summed E-state index contributed by atoms with van der Waals surface area (Å²) in [6.07, 6.45) is 12.6. The van der Waals surface area contributed by atoms with E-state index in [1.807, 2.05) is 0 Å². The lowest BCUT2D eigenvalue weighted by Crippen LogP contribution is -2.06. The van der Waals surface area contributed by atoms with Gasteiger partial charge in [-0.2, -0.15) is 0 Å². The second-order valence-electron chi connectivity index (χ2n) is 6.45. The van der Waals surface area contributed by atoms with Crippen LogP contribution in [0.2, 0.25) is 0 Å². The molecule has 0 spiro atoms. The van der Waals surface area contributed by atoms with Crippen LogP contribution >= 0.6 is 0 Å². The van der Waals surface area contributed by atoms with Crippen LogP contribution in [-0.4, -0.2) is 6.61 Å². The monoisotopic (exact) mass is 274 g/mol. The number of ether oxygens (including phenoxy) is 1. The van der Waals surface area contributed by atoms with Gasteiger partial charge < -0.3 is 4.74 Å². The van der Waals surface area contributed by atoms with Crippen molar-refractivity contribution < 1.29 is 4.74 Å². The highest BCUT2D eigenvalue weighted by Crippen LogP contribution is 2.52. The first-order chi connectivity index (χ1) is 9.85. The molecule has 0 N–H and O–H groups in total. The molecule has 0 atom stereocenters. The first-order valence-electron chi connectivity index (χ1n) is 8.46. The minimum atomic E-state index is 0.670. The minimum Gasteiger partial charge on any atom is -0.377 e. The van der Waals surface area contributed by atoms with Gasteiger partial charge in [-0.25, -0.2) is 0 Å². The van der Waals surface area contributed by atoms with E-state index >= 15 is 0 Å². The molecule has 112 valence electrons. The van der Waals surface area contributed by atoms with Gasteiger partial charge in [0, 0.05) is 6.61 Å². The van der Waals surface area contributed by atoms with E-state index in [0.29, 0.717) is 5.41 Å². The smallest absolute Gasteiger partial charge is 0.0716 e. The number of hydrogen-bond acceptors (Lipinski definition) is 1. The highest BCUT2D eigenvalue weighted by Gasteiger charge is 2.40. The molecular weight excluding hydrogens is 244 g/mol. The number of benzene rings is 1. The van der Waals surface area contributed by atoms with E-state index in [0.717, 1.165) is 13.2 Å². The van der Waals surface area contributed by atoms with Crippen molar-refractivity contribution in [3.05, 3.63) is 35.9 Å². The Hall–Kier alpha value is -0.820. The largest absolute Gasteiger partial charge is 0.377 e. The second-order valence-corrected chi connectivity index (χ2v) is 6.45. The van der Waals surface area contributed by atoms with Crippen molar-refractivity contribution in [2.24, 2.45) is 5.41 Å². The third kappa shape index (κ3) is 5.66. The Morgan fingerprint density at radius 1 is 0.950 bits per heavy atom. The molecule has 1 aromatic carbocycles. The Bertz CT molecular complexity index is 353. The molecule has 1 heteroatoms. The van der Waals surface area contributed by atoms with Crippen LogP contribution in [0.1, 0.15) is 70.3 Å². The molecule has 20 heavy (non-hydrogen) atoms. The first kappa shape index (κ1) is 15.6. The van der Waals surface area contributed by atoms with E-state index in [1.54, 1.807) is 0 Å². The van der Waals surface area contributed by atoms with Gasteiger partial charge in [-0.1, -0.05) is 69.4 Å². The summed E-state index contributed by atoms with van der Waals surface area (Å²) in [5.41, 5.74) is 1.96. The number of unbranched alkanes of at least 4 members (excludes halogenated alkanes) is 4. The van der Waals surface area contributed by atoms with Crippen molar-refractivity contribution >= 4 is 0 Å². The highest BCUT2D eigenvalue weighted by molar-refractivity contribution is 5.13. The first-order valence-corrected chi connectivity index (χ1v) is 8.46. The summed E-state index contributed by atoms with van der Waals surface area (Å²) in [6, 6.07) is 10.5. The lowest BCUT2D eigenvalue weighted by Gasteiger charge is -2.15. The Morgan fingerprint density at radius 3 is 2.40 bits per heavy atom. The predicted molar refractivity (Wildman–Crippen MR) is 85.8 cm³/mol. The zero-order valence-electron chi connectivity index (χ0n) is 13.1. The Morgan fingerprint density at radius 2 is 1.70 bits per heavy atom. The third-order valence-electron chi connectivity index (χ3n) is 4.66. The molecule has 0 heterocycles. The van der Waals surface area contributed by atoms with Gasteiger partial charge in [-0.3, -0.25) is 0 Å². The predicted octanol–water partition coefficient (Wildman–Crippen LogP) is 5.73. The van der Waals surface area contributed by atoms with Crippen LogP contribution < -0.4 is 0 Å². The molecule has 0 bridgehead atoms. The minimum absolute atomic E-state index is 0.670. The zero-order chi connectivity index (χ0) is 14.1. The van der Waals surface area contributed by atoms with Crippen LogP contribution in [0, 0.1) is 5.41 Å². The fraction of sp³-hybridized carbons (Fsp3) is 0.684. The van der Waals surface area contributed by atoms with Gasteiger partial charge in [0.05, 0.1) is 6.61 Å². The molecule has 0 radical (unpaired) electrons. The van der Waals surface area contributed by atoms with Crippen molar-refractivity contribution in [3.8, 4) is 0 Å². The maximum Gasteiger partial charge on any atom is 0.0716 e. The summed E-state index contributed by atoms with van der Waals surface area (Å²) in [6.45, 7) is 3.99. The average molecular weight is 274 g/mol. The summed E-state index contributed by atoms with van der Waals surface area (Å²) in [7, 11) is 0. The van der Waals surface area contributed by atoms with Gasteiger partial charge in [-0.05, 0) is 36.7 Å². The Kier molecular flexibility index (Phi) is 6.59. The summed E-state index contributed by atoms with van der Waals surface area (Å²) >= 11 is 0. The van der Waals surface area contributed by atoms with Crippen LogP contribution in [0.5, 0.6) is 0 Å². The summed E-state index contributed by atoms with van der Waals surface area (Å²) in [5.74, 6) is 0. The quantitative estimate of drug-likeness (QED) is 0.468. The van der Waals surface area contributed by atoms with Crippen LogP contribution in [0.3, 0.4) is 0 Å². The molecule has 0 aromatic heterocycles. The van der Waals surface area contributed by atoms with E-state index in [2.05, 4.69) is 37.3 Å². The molecule has 0 aliphatic heterocycles. The maximum atomic E-state index is 5.84. The van der Waals surface area contributed by atoms with Crippen molar-refractivity contribution in [1.29, 1.82) is 0 Å².